The van der Waals surface area contributed by atoms with Crippen molar-refractivity contribution in [2.75, 3.05) is 0 Å². The fraction of sp³-hybridized carbons (Fsp3) is 0. The first-order valence-corrected chi connectivity index (χ1v) is 17.2. The largest absolute Gasteiger partial charge is 0.309 e. The summed E-state index contributed by atoms with van der Waals surface area (Å²) in [5, 5.41) is 7.13. The lowest BCUT2D eigenvalue weighted by atomic mass is 9.86. The molecule has 0 aromatic heterocycles. The second-order valence-corrected chi connectivity index (χ2v) is 14.1. The Bertz CT molecular complexity index is 2240. The first-order chi connectivity index (χ1) is 22.6. The Kier molecular flexibility index (Phi) is 7.93. The summed E-state index contributed by atoms with van der Waals surface area (Å²) in [6, 6.07) is 54.6. The van der Waals surface area contributed by atoms with Crippen LogP contribution in [0.5, 0.6) is 0 Å². The Morgan fingerprint density at radius 3 is 1.41 bits per heavy atom. The van der Waals surface area contributed by atoms with Crippen molar-refractivity contribution in [3.8, 4) is 33.4 Å². The lowest BCUT2D eigenvalue weighted by Gasteiger charge is -2.21. The van der Waals surface area contributed by atoms with Gasteiger partial charge in [-0.1, -0.05) is 183 Å². The summed E-state index contributed by atoms with van der Waals surface area (Å²) in [7, 11) is -3.17. The van der Waals surface area contributed by atoms with Crippen LogP contribution >= 0.6 is 7.14 Å². The molecule has 0 N–H and O–H groups in total. The second kappa shape index (κ2) is 12.5. The summed E-state index contributed by atoms with van der Waals surface area (Å²) in [5.74, 6) is 0. The highest BCUT2D eigenvalue weighted by atomic mass is 31.2. The molecule has 2 heteroatoms. The summed E-state index contributed by atoms with van der Waals surface area (Å²) in [5.41, 5.74) is 6.93. The van der Waals surface area contributed by atoms with Gasteiger partial charge in [0, 0.05) is 15.9 Å². The summed E-state index contributed by atoms with van der Waals surface area (Å²) in [4.78, 5) is 0. The van der Waals surface area contributed by atoms with Crippen LogP contribution < -0.4 is 10.6 Å². The zero-order valence-electron chi connectivity index (χ0n) is 25.5. The fourth-order valence-electron chi connectivity index (χ4n) is 6.57. The van der Waals surface area contributed by atoms with Gasteiger partial charge in [-0.05, 0) is 61.0 Å². The SMILES string of the molecule is C=C/C=C(\C=C)P(=O)(c1ccccc1)c1cccc(-c2ccc(-c3c4ccccc4c(-c4ccccc4)c4ccccc34)cc2)c1. The zero-order valence-corrected chi connectivity index (χ0v) is 26.4. The Labute approximate surface area is 270 Å². The van der Waals surface area contributed by atoms with Crippen LogP contribution in [0.4, 0.5) is 0 Å². The van der Waals surface area contributed by atoms with Crippen molar-refractivity contribution in [2.24, 2.45) is 0 Å². The molecule has 0 aliphatic heterocycles. The molecule has 0 heterocycles. The van der Waals surface area contributed by atoms with Crippen LogP contribution in [0, 0.1) is 0 Å². The van der Waals surface area contributed by atoms with Crippen molar-refractivity contribution < 1.29 is 4.57 Å². The number of rotatable bonds is 8. The summed E-state index contributed by atoms with van der Waals surface area (Å²) in [6.45, 7) is 7.85. The van der Waals surface area contributed by atoms with Gasteiger partial charge in [-0.15, -0.1) is 0 Å². The molecule has 0 spiro atoms. The van der Waals surface area contributed by atoms with E-state index in [1.165, 1.54) is 38.2 Å². The van der Waals surface area contributed by atoms with Gasteiger partial charge in [0.1, 0.15) is 0 Å². The maximum atomic E-state index is 15.0. The first-order valence-electron chi connectivity index (χ1n) is 15.4. The maximum Gasteiger partial charge on any atom is 0.171 e. The maximum absolute atomic E-state index is 15.0. The van der Waals surface area contributed by atoms with Crippen LogP contribution in [-0.4, -0.2) is 0 Å². The van der Waals surface area contributed by atoms with Gasteiger partial charge in [0.2, 0.25) is 0 Å². The van der Waals surface area contributed by atoms with E-state index in [2.05, 4.69) is 128 Å². The molecule has 0 bridgehead atoms. The summed E-state index contributed by atoms with van der Waals surface area (Å²) < 4.78 is 15.0. The van der Waals surface area contributed by atoms with Crippen molar-refractivity contribution >= 4 is 39.3 Å². The standard InChI is InChI=1S/C44H33OP/c1-3-16-36(4-2)46(45,37-20-9-6-10-21-37)38-22-15-19-35(31-38)32-27-29-34(30-28-32)44-41-25-13-11-23-39(41)43(33-17-7-5-8-18-33)40-24-12-14-26-42(40)44/h3-31H,1-2H2/b36-16+. The molecule has 7 aromatic carbocycles. The summed E-state index contributed by atoms with van der Waals surface area (Å²) >= 11 is 0. The molecule has 0 amide bonds. The number of allylic oxidation sites excluding steroid dienone is 4. The summed E-state index contributed by atoms with van der Waals surface area (Å²) in [6.07, 6.45) is 5.17. The second-order valence-electron chi connectivity index (χ2n) is 11.3. The van der Waals surface area contributed by atoms with Crippen LogP contribution in [0.1, 0.15) is 0 Å². The Hall–Kier alpha value is -5.49. The Morgan fingerprint density at radius 1 is 0.457 bits per heavy atom. The topological polar surface area (TPSA) is 17.1 Å². The third kappa shape index (κ3) is 5.06. The fourth-order valence-corrected chi connectivity index (χ4v) is 9.25. The number of hydrogen-bond acceptors (Lipinski definition) is 1. The van der Waals surface area contributed by atoms with E-state index in [0.29, 0.717) is 5.31 Å². The molecule has 0 fully saturated rings. The van der Waals surface area contributed by atoms with Gasteiger partial charge in [-0.25, -0.2) is 0 Å². The molecule has 220 valence electrons. The third-order valence-electron chi connectivity index (χ3n) is 8.69. The molecule has 7 aromatic rings. The molecule has 0 radical (unpaired) electrons. The van der Waals surface area contributed by atoms with Gasteiger partial charge in [-0.2, -0.15) is 0 Å². The lowest BCUT2D eigenvalue weighted by Crippen LogP contribution is -2.17. The molecule has 0 aliphatic rings. The molecule has 1 atom stereocenters. The molecular formula is C44H33OP. The van der Waals surface area contributed by atoms with Crippen LogP contribution in [-0.2, 0) is 4.57 Å². The van der Waals surface area contributed by atoms with Gasteiger partial charge < -0.3 is 4.57 Å². The molecule has 46 heavy (non-hydrogen) atoms. The van der Waals surface area contributed by atoms with Crippen molar-refractivity contribution in [1.29, 1.82) is 0 Å². The van der Waals surface area contributed by atoms with Gasteiger partial charge in [0.05, 0.1) is 0 Å². The van der Waals surface area contributed by atoms with Crippen molar-refractivity contribution in [2.45, 2.75) is 0 Å². The Balaban J connectivity index is 1.36. The molecule has 7 rings (SSSR count). The molecule has 0 saturated carbocycles. The average Bonchev–Trinajstić information content (AvgIpc) is 3.13. The quantitative estimate of drug-likeness (QED) is 0.0953. The van der Waals surface area contributed by atoms with Crippen molar-refractivity contribution in [3.05, 3.63) is 194 Å². The van der Waals surface area contributed by atoms with E-state index in [1.807, 2.05) is 42.5 Å². The Morgan fingerprint density at radius 2 is 0.891 bits per heavy atom. The van der Waals surface area contributed by atoms with Gasteiger partial charge in [0.15, 0.2) is 7.14 Å². The smallest absolute Gasteiger partial charge is 0.171 e. The first kappa shape index (κ1) is 29.2. The van der Waals surface area contributed by atoms with E-state index in [-0.39, 0.29) is 0 Å². The number of benzene rings is 7. The minimum absolute atomic E-state index is 0.666. The van der Waals surface area contributed by atoms with Gasteiger partial charge in [0.25, 0.3) is 0 Å². The normalized spacial score (nSPS) is 12.9. The van der Waals surface area contributed by atoms with Crippen LogP contribution in [0.3, 0.4) is 0 Å². The highest BCUT2D eigenvalue weighted by molar-refractivity contribution is 7.82. The predicted molar refractivity (Wildman–Crippen MR) is 200 cm³/mol. The van der Waals surface area contributed by atoms with E-state index in [1.54, 1.807) is 18.2 Å². The van der Waals surface area contributed by atoms with Crippen LogP contribution in [0.2, 0.25) is 0 Å². The van der Waals surface area contributed by atoms with Gasteiger partial charge in [-0.3, -0.25) is 0 Å². The van der Waals surface area contributed by atoms with E-state index >= 15 is 0 Å². The van der Waals surface area contributed by atoms with E-state index in [0.717, 1.165) is 27.3 Å². The monoisotopic (exact) mass is 608 g/mol. The van der Waals surface area contributed by atoms with E-state index < -0.39 is 7.14 Å². The van der Waals surface area contributed by atoms with Gasteiger partial charge >= 0.3 is 0 Å². The number of fused-ring (bicyclic) bond motifs is 2. The van der Waals surface area contributed by atoms with Crippen molar-refractivity contribution in [1.82, 2.24) is 0 Å². The zero-order chi connectivity index (χ0) is 31.5. The molecule has 1 nitrogen and oxygen atoms in total. The highest BCUT2D eigenvalue weighted by Crippen LogP contribution is 2.52. The average molecular weight is 609 g/mol. The number of hydrogen-bond donors (Lipinski definition) is 0. The molecule has 1 unspecified atom stereocenters. The van der Waals surface area contributed by atoms with Crippen molar-refractivity contribution in [3.63, 3.8) is 0 Å². The van der Waals surface area contributed by atoms with Crippen LogP contribution in [0.15, 0.2) is 194 Å². The van der Waals surface area contributed by atoms with E-state index in [9.17, 15) is 4.57 Å². The highest BCUT2D eigenvalue weighted by Gasteiger charge is 2.30. The van der Waals surface area contributed by atoms with E-state index in [4.69, 9.17) is 0 Å². The minimum atomic E-state index is -3.17. The molecule has 0 saturated heterocycles. The molecular weight excluding hydrogens is 575 g/mol. The van der Waals surface area contributed by atoms with Crippen LogP contribution in [0.25, 0.3) is 54.9 Å². The minimum Gasteiger partial charge on any atom is -0.309 e. The molecule has 0 aliphatic carbocycles. The lowest BCUT2D eigenvalue weighted by molar-refractivity contribution is 0.591. The predicted octanol–water partition coefficient (Wildman–Crippen LogP) is 11.6. The third-order valence-corrected chi connectivity index (χ3v) is 11.8.